The van der Waals surface area contributed by atoms with E-state index in [1.165, 1.54) is 12.4 Å². The maximum Gasteiger partial charge on any atom is 0.454 e. The predicted octanol–water partition coefficient (Wildman–Crippen LogP) is 2.91. The van der Waals surface area contributed by atoms with Crippen LogP contribution in [-0.4, -0.2) is 26.9 Å². The van der Waals surface area contributed by atoms with E-state index in [4.69, 9.17) is 0 Å². The minimum absolute atomic E-state index is 0.0702. The molecule has 1 heterocycles. The van der Waals surface area contributed by atoms with E-state index < -0.39 is 23.3 Å². The van der Waals surface area contributed by atoms with E-state index >= 15 is 0 Å². The summed E-state index contributed by atoms with van der Waals surface area (Å²) in [5.41, 5.74) is 0. The van der Waals surface area contributed by atoms with Crippen LogP contribution in [0.1, 0.15) is 5.82 Å². The monoisotopic (exact) mass is 292 g/mol. The third kappa shape index (κ3) is 2.67. The van der Waals surface area contributed by atoms with Gasteiger partial charge in [0.1, 0.15) is 5.82 Å². The van der Waals surface area contributed by atoms with Crippen molar-refractivity contribution in [1.82, 2.24) is 9.97 Å². The van der Waals surface area contributed by atoms with Crippen LogP contribution in [0.15, 0.2) is 12.4 Å². The van der Waals surface area contributed by atoms with Crippen LogP contribution in [0.4, 0.5) is 22.0 Å². The lowest BCUT2D eigenvalue weighted by Gasteiger charge is -2.23. The molecular weight excluding hydrogens is 287 g/mol. The Labute approximate surface area is 90.0 Å². The fraction of sp³-hybridized carbons (Fsp3) is 0.571. The van der Waals surface area contributed by atoms with Crippen molar-refractivity contribution in [1.29, 1.82) is 0 Å². The summed E-state index contributed by atoms with van der Waals surface area (Å²) in [4.78, 5) is 3.98. The van der Waals surface area contributed by atoms with Crippen molar-refractivity contribution in [3.05, 3.63) is 18.2 Å². The van der Waals surface area contributed by atoms with Gasteiger partial charge in [0.25, 0.3) is 0 Å². The highest BCUT2D eigenvalue weighted by molar-refractivity contribution is 9.09. The number of aromatic amines is 1. The summed E-state index contributed by atoms with van der Waals surface area (Å²) in [7, 11) is 0. The molecule has 86 valence electrons. The maximum absolute atomic E-state index is 12.7. The highest BCUT2D eigenvalue weighted by Gasteiger charge is 2.61. The lowest BCUT2D eigenvalue weighted by molar-refractivity contribution is -0.280. The normalized spacial score (nSPS) is 15.3. The molecule has 1 N–H and O–H groups in total. The Hall–Kier alpha value is -0.660. The highest BCUT2D eigenvalue weighted by Crippen LogP contribution is 2.41. The van der Waals surface area contributed by atoms with Crippen LogP contribution in [0.2, 0.25) is 0 Å². The maximum atomic E-state index is 12.7. The van der Waals surface area contributed by atoms with Gasteiger partial charge in [0.15, 0.2) is 0 Å². The number of hydrogen-bond donors (Lipinski definition) is 1. The number of H-pyrrole nitrogens is 1. The van der Waals surface area contributed by atoms with Crippen LogP contribution >= 0.6 is 15.9 Å². The third-order valence-corrected chi connectivity index (χ3v) is 2.60. The summed E-state index contributed by atoms with van der Waals surface area (Å²) in [6.07, 6.45) is -3.46. The van der Waals surface area contributed by atoms with Crippen LogP contribution in [0, 0.1) is 0 Å². The molecule has 0 aliphatic heterocycles. The minimum Gasteiger partial charge on any atom is -0.349 e. The summed E-state index contributed by atoms with van der Waals surface area (Å²) in [6, 6.07) is 0. The molecule has 1 rings (SSSR count). The lowest BCUT2D eigenvalue weighted by Crippen LogP contribution is -2.45. The number of hydrogen-bond acceptors (Lipinski definition) is 1. The standard InChI is InChI=1S/C7H6BrF5N2/c8-4(3-5-14-1-2-15-5)6(9,10)7(11,12)13/h1-2,4H,3H2,(H,14,15). The molecule has 0 amide bonds. The molecule has 0 bridgehead atoms. The fourth-order valence-electron chi connectivity index (χ4n) is 0.885. The van der Waals surface area contributed by atoms with Crippen LogP contribution < -0.4 is 0 Å². The molecule has 0 fully saturated rings. The Balaban J connectivity index is 2.72. The smallest absolute Gasteiger partial charge is 0.349 e. The van der Waals surface area contributed by atoms with Gasteiger partial charge < -0.3 is 4.98 Å². The Morgan fingerprint density at radius 1 is 1.33 bits per heavy atom. The Morgan fingerprint density at radius 2 is 1.93 bits per heavy atom. The SMILES string of the molecule is FC(F)(F)C(F)(F)C(Br)Cc1ncc[nH]1. The molecule has 1 aromatic heterocycles. The zero-order valence-corrected chi connectivity index (χ0v) is 8.74. The summed E-state index contributed by atoms with van der Waals surface area (Å²) in [5, 5.41) is 0. The van der Waals surface area contributed by atoms with Crippen molar-refractivity contribution in [3.63, 3.8) is 0 Å². The van der Waals surface area contributed by atoms with E-state index in [0.717, 1.165) is 0 Å². The third-order valence-electron chi connectivity index (χ3n) is 1.70. The van der Waals surface area contributed by atoms with E-state index in [1.807, 2.05) is 0 Å². The second-order valence-electron chi connectivity index (χ2n) is 2.83. The second kappa shape index (κ2) is 4.07. The first kappa shape index (κ1) is 12.4. The van der Waals surface area contributed by atoms with Crippen LogP contribution in [0.25, 0.3) is 0 Å². The van der Waals surface area contributed by atoms with E-state index in [-0.39, 0.29) is 5.82 Å². The molecule has 8 heteroatoms. The topological polar surface area (TPSA) is 28.7 Å². The molecule has 1 unspecified atom stereocenters. The van der Waals surface area contributed by atoms with Crippen LogP contribution in [0.5, 0.6) is 0 Å². The van der Waals surface area contributed by atoms with Gasteiger partial charge in [-0.1, -0.05) is 15.9 Å². The average Bonchev–Trinajstić information content (AvgIpc) is 2.54. The van der Waals surface area contributed by atoms with E-state index in [1.54, 1.807) is 0 Å². The van der Waals surface area contributed by atoms with Gasteiger partial charge >= 0.3 is 12.1 Å². The molecule has 0 aliphatic rings. The van der Waals surface area contributed by atoms with Crippen LogP contribution in [-0.2, 0) is 6.42 Å². The average molecular weight is 293 g/mol. The molecular formula is C7H6BrF5N2. The van der Waals surface area contributed by atoms with Crippen molar-refractivity contribution in [2.24, 2.45) is 0 Å². The highest BCUT2D eigenvalue weighted by atomic mass is 79.9. The van der Waals surface area contributed by atoms with Crippen LogP contribution in [0.3, 0.4) is 0 Å². The summed E-state index contributed by atoms with van der Waals surface area (Å²) < 4.78 is 61.1. The molecule has 0 aliphatic carbocycles. The molecule has 0 radical (unpaired) electrons. The summed E-state index contributed by atoms with van der Waals surface area (Å²) in [6.45, 7) is 0. The second-order valence-corrected chi connectivity index (χ2v) is 3.93. The Morgan fingerprint density at radius 3 is 2.33 bits per heavy atom. The van der Waals surface area contributed by atoms with Gasteiger partial charge in [-0.2, -0.15) is 22.0 Å². The van der Waals surface area contributed by atoms with Gasteiger partial charge in [0.05, 0.1) is 4.83 Å². The Bertz CT molecular complexity index is 308. The van der Waals surface area contributed by atoms with Crippen molar-refractivity contribution in [2.45, 2.75) is 23.3 Å². The van der Waals surface area contributed by atoms with Crippen molar-refractivity contribution in [3.8, 4) is 0 Å². The number of nitrogens with zero attached hydrogens (tertiary/aromatic N) is 1. The van der Waals surface area contributed by atoms with Crippen molar-refractivity contribution < 1.29 is 22.0 Å². The predicted molar refractivity (Wildman–Crippen MR) is 46.0 cm³/mol. The van der Waals surface area contributed by atoms with Gasteiger partial charge in [-0.3, -0.25) is 0 Å². The first-order valence-electron chi connectivity index (χ1n) is 3.82. The van der Waals surface area contributed by atoms with Gasteiger partial charge in [-0.25, -0.2) is 4.98 Å². The Kier molecular flexibility index (Phi) is 3.37. The molecule has 2 nitrogen and oxygen atoms in total. The quantitative estimate of drug-likeness (QED) is 0.673. The number of rotatable bonds is 3. The molecule has 1 atom stereocenters. The van der Waals surface area contributed by atoms with Crippen molar-refractivity contribution >= 4 is 15.9 Å². The zero-order valence-electron chi connectivity index (χ0n) is 7.15. The fourth-order valence-corrected chi connectivity index (χ4v) is 1.45. The van der Waals surface area contributed by atoms with Crippen molar-refractivity contribution in [2.75, 3.05) is 0 Å². The largest absolute Gasteiger partial charge is 0.454 e. The molecule has 15 heavy (non-hydrogen) atoms. The van der Waals surface area contributed by atoms with E-state index in [9.17, 15) is 22.0 Å². The summed E-state index contributed by atoms with van der Waals surface area (Å²) >= 11 is 2.33. The number of alkyl halides is 6. The number of nitrogens with one attached hydrogen (secondary N) is 1. The van der Waals surface area contributed by atoms with Gasteiger partial charge in [-0.05, 0) is 0 Å². The number of halogens is 6. The lowest BCUT2D eigenvalue weighted by atomic mass is 10.1. The van der Waals surface area contributed by atoms with Gasteiger partial charge in [0.2, 0.25) is 0 Å². The number of aromatic nitrogens is 2. The first-order chi connectivity index (χ1) is 6.75. The first-order valence-corrected chi connectivity index (χ1v) is 4.73. The van der Waals surface area contributed by atoms with Gasteiger partial charge in [-0.15, -0.1) is 0 Å². The minimum atomic E-state index is -5.56. The number of imidazole rings is 1. The molecule has 1 aromatic rings. The molecule has 0 saturated heterocycles. The van der Waals surface area contributed by atoms with E-state index in [2.05, 4.69) is 25.9 Å². The molecule has 0 saturated carbocycles. The van der Waals surface area contributed by atoms with Gasteiger partial charge in [0, 0.05) is 18.8 Å². The molecule has 0 spiro atoms. The molecule has 0 aromatic carbocycles. The summed E-state index contributed by atoms with van der Waals surface area (Å²) in [5.74, 6) is -4.71. The zero-order chi connectivity index (χ0) is 11.7. The van der Waals surface area contributed by atoms with E-state index in [0.29, 0.717) is 0 Å².